The topological polar surface area (TPSA) is 306 Å². The van der Waals surface area contributed by atoms with Crippen molar-refractivity contribution in [2.24, 2.45) is 47.3 Å². The Bertz CT molecular complexity index is 4860. The third-order valence-corrected chi connectivity index (χ3v) is 23.4. The minimum Gasteiger partial charge on any atom is -0.497 e. The van der Waals surface area contributed by atoms with Gasteiger partial charge in [-0.25, -0.2) is 0 Å². The molecule has 108 heavy (non-hydrogen) atoms. The molecule has 20 rings (SSSR count). The molecular weight excluding hydrogens is 1400 g/mol. The summed E-state index contributed by atoms with van der Waals surface area (Å²) in [4.78, 5) is 50.5. The summed E-state index contributed by atoms with van der Waals surface area (Å²) in [6.45, 7) is 1.28. The number of methoxy groups -OCH3 is 6. The second-order valence-corrected chi connectivity index (χ2v) is 28.5. The van der Waals surface area contributed by atoms with Crippen molar-refractivity contribution in [3.63, 3.8) is 0 Å². The van der Waals surface area contributed by atoms with Gasteiger partial charge < -0.3 is 101 Å². The third kappa shape index (κ3) is 11.8. The van der Waals surface area contributed by atoms with E-state index in [0.717, 1.165) is 78.3 Å². The van der Waals surface area contributed by atoms with E-state index in [4.69, 9.17) is 80.5 Å². The second kappa shape index (κ2) is 28.2. The number of fused-ring (bicyclic) bond motifs is 12. The number of benzene rings is 8. The maximum atomic E-state index is 12.9. The molecule has 25 heteroatoms. The first-order valence-corrected chi connectivity index (χ1v) is 35.8. The van der Waals surface area contributed by atoms with Crippen LogP contribution in [0.25, 0.3) is 0 Å². The number of ether oxygens (including phenoxy) is 17. The Kier molecular flexibility index (Phi) is 18.3. The molecule has 1 saturated carbocycles. The molecule has 4 unspecified atom stereocenters. The summed E-state index contributed by atoms with van der Waals surface area (Å²) in [6.07, 6.45) is -1.87. The molecule has 7 aliphatic heterocycles. The predicted molar refractivity (Wildman–Crippen MR) is 378 cm³/mol. The van der Waals surface area contributed by atoms with Gasteiger partial charge in [0.2, 0.25) is 27.2 Å². The van der Waals surface area contributed by atoms with E-state index in [1.54, 1.807) is 42.7 Å². The summed E-state index contributed by atoms with van der Waals surface area (Å²) >= 11 is 0. The van der Waals surface area contributed by atoms with Gasteiger partial charge in [0.1, 0.15) is 28.8 Å². The number of aliphatic hydroxyl groups excluding tert-OH is 4. The number of aliphatic hydroxyl groups is 4. The number of esters is 3. The van der Waals surface area contributed by atoms with Crippen molar-refractivity contribution >= 4 is 23.7 Å². The molecule has 12 aliphatic rings. The minimum absolute atomic E-state index is 0.109. The van der Waals surface area contributed by atoms with Crippen LogP contribution in [-0.4, -0.2) is 134 Å². The van der Waals surface area contributed by atoms with Crippen LogP contribution in [0.4, 0.5) is 0 Å². The van der Waals surface area contributed by atoms with E-state index in [2.05, 4.69) is 0 Å². The predicted octanol–water partition coefficient (Wildman–Crippen LogP) is 10.4. The van der Waals surface area contributed by atoms with Crippen LogP contribution in [0, 0.1) is 47.3 Å². The Morgan fingerprint density at radius 3 is 1.03 bits per heavy atom. The van der Waals surface area contributed by atoms with Crippen LogP contribution in [0.3, 0.4) is 0 Å². The highest BCUT2D eigenvalue weighted by atomic mass is 16.7. The zero-order valence-corrected chi connectivity index (χ0v) is 59.7. The Hall–Kier alpha value is -11.1. The highest BCUT2D eigenvalue weighted by molar-refractivity contribution is 5.86. The average Bonchev–Trinajstić information content (AvgIpc) is 1.73. The molecule has 560 valence electrons. The van der Waals surface area contributed by atoms with E-state index in [1.807, 2.05) is 133 Å². The molecule has 8 aromatic carbocycles. The van der Waals surface area contributed by atoms with Crippen molar-refractivity contribution in [1.29, 1.82) is 0 Å². The first kappa shape index (κ1) is 69.9. The lowest BCUT2D eigenvalue weighted by Crippen LogP contribution is -2.34. The Labute approximate surface area is 619 Å². The number of carbonyl (C=O) groups excluding carboxylic acids is 4. The fraction of sp³-hybridized carbons (Fsp3) is 0.373. The number of hydrogen-bond acceptors (Lipinski definition) is 25. The summed E-state index contributed by atoms with van der Waals surface area (Å²) in [7, 11) is 9.60. The Morgan fingerprint density at radius 1 is 0.296 bits per heavy atom. The molecule has 0 radical (unpaired) electrons. The van der Waals surface area contributed by atoms with Gasteiger partial charge in [0.25, 0.3) is 0 Å². The van der Waals surface area contributed by atoms with Gasteiger partial charge in [0.15, 0.2) is 57.5 Å². The van der Waals surface area contributed by atoms with Crippen molar-refractivity contribution in [2.75, 3.05) is 89.7 Å². The quantitative estimate of drug-likeness (QED) is 0.0730. The number of hydrogen-bond donors (Lipinski definition) is 4. The van der Waals surface area contributed by atoms with E-state index in [-0.39, 0.29) is 124 Å². The normalized spacial score (nSPS) is 27.7. The fourth-order valence-electron chi connectivity index (χ4n) is 18.3. The number of cyclic esters (lactones) is 3. The largest absolute Gasteiger partial charge is 0.497 e. The molecule has 3 saturated heterocycles. The van der Waals surface area contributed by atoms with Gasteiger partial charge in [0.05, 0.1) is 105 Å². The van der Waals surface area contributed by atoms with Crippen LogP contribution in [0.1, 0.15) is 128 Å². The van der Waals surface area contributed by atoms with Crippen LogP contribution in [0.2, 0.25) is 0 Å². The van der Waals surface area contributed by atoms with Crippen molar-refractivity contribution in [3.8, 4) is 80.5 Å². The van der Waals surface area contributed by atoms with Crippen LogP contribution >= 0.6 is 0 Å². The maximum Gasteiger partial charge on any atom is 0.310 e. The zero-order chi connectivity index (χ0) is 74.5. The molecule has 0 amide bonds. The lowest BCUT2D eigenvalue weighted by Gasteiger charge is -2.38. The Morgan fingerprint density at radius 2 is 0.639 bits per heavy atom. The molecule has 16 atom stereocenters. The molecule has 8 aromatic rings. The molecule has 0 aromatic heterocycles. The minimum atomic E-state index is -0.808. The van der Waals surface area contributed by atoms with Crippen LogP contribution < -0.4 is 66.3 Å². The molecule has 5 aliphatic carbocycles. The fourth-order valence-corrected chi connectivity index (χ4v) is 18.3. The molecule has 25 nitrogen and oxygen atoms in total. The Balaban J connectivity index is 0.000000106. The van der Waals surface area contributed by atoms with Gasteiger partial charge in [-0.15, -0.1) is 0 Å². The summed E-state index contributed by atoms with van der Waals surface area (Å²) in [5.74, 6) is 4.82. The number of ketones is 1. The molecule has 0 spiro atoms. The van der Waals surface area contributed by atoms with E-state index < -0.39 is 42.2 Å². The van der Waals surface area contributed by atoms with Gasteiger partial charge in [0, 0.05) is 65.7 Å². The first-order chi connectivity index (χ1) is 52.6. The molecule has 0 bridgehead atoms. The average molecular weight is 1480 g/mol. The maximum absolute atomic E-state index is 12.9. The van der Waals surface area contributed by atoms with Crippen LogP contribution in [0.5, 0.6) is 80.5 Å². The lowest BCUT2D eigenvalue weighted by atomic mass is 9.66. The second-order valence-electron chi connectivity index (χ2n) is 28.5. The van der Waals surface area contributed by atoms with Crippen molar-refractivity contribution in [1.82, 2.24) is 0 Å². The van der Waals surface area contributed by atoms with Crippen molar-refractivity contribution in [2.45, 2.75) is 60.9 Å². The van der Waals surface area contributed by atoms with Gasteiger partial charge >= 0.3 is 17.9 Å². The summed E-state index contributed by atoms with van der Waals surface area (Å²) in [5, 5.41) is 43.8. The standard InChI is InChI=1S/C22H22O6.C21H20O7.2C20H18O6/c1-25-12-5-11(6-13(7-12)26-2)20-15-8-18-19(28-10-27-18)9-16(15)22(24)14-3-4-17(23)21(14)20;1-24-14-4-3-10(5-15(14)25-2)18-11-6-16-17(28-9-27-16)7-12(11)20(22)13-8-26-21(23)19(13)18;1-23-11-4-2-10(3-5-11)17-12-6-15-16(26-9-25-15)7-13(12)19(21)14-8-24-20(22)18(14)17;1-23-11-4-2-3-10(5-11)17-12-6-15-16(26-9-25-15)7-13(12)19(21)14-8-24-20(22)18(14)17/h5-9,14,20-22,24H,3-4,10H2,1-2H3;3-7,13,18-20,22H,8-9H2,1-2H3;2*2-7,14,17-19,21H,8-9H2,1H3/t14?,20-,21+,22-;13?,18-,19-,20+;2*14?,17-,18-,19+/m1111/s1. The summed E-state index contributed by atoms with van der Waals surface area (Å²) in [5.41, 5.74) is 10.3. The molecule has 4 fully saturated rings. The van der Waals surface area contributed by atoms with E-state index in [1.165, 1.54) is 0 Å². The highest BCUT2D eigenvalue weighted by Crippen LogP contribution is 2.60. The number of rotatable bonds is 10. The van der Waals surface area contributed by atoms with Crippen LogP contribution in [0.15, 0.2) is 133 Å². The van der Waals surface area contributed by atoms with Gasteiger partial charge in [-0.3, -0.25) is 19.2 Å². The van der Waals surface area contributed by atoms with Crippen molar-refractivity contribution in [3.05, 3.63) is 200 Å². The SMILES string of the molecule is COc1cc(OC)cc([C@@H]2c3cc4c(cc3[C@H](O)C3CCC(=O)[C@H]32)OCO4)c1.COc1ccc([C@@H]2c3cc4c(cc3[C@H](O)C3COC(=O)[C@H]32)OCO4)cc1.COc1ccc([C@@H]2c3cc4c(cc3[C@H](O)C3COC(=O)[C@H]32)OCO4)cc1OC.COc1cccc([C@@H]2c3cc4c(cc3[C@H](O)C3COC(=O)[C@H]32)OCO4)c1. The van der Waals surface area contributed by atoms with Gasteiger partial charge in [-0.2, -0.15) is 0 Å². The smallest absolute Gasteiger partial charge is 0.310 e. The van der Waals surface area contributed by atoms with E-state index >= 15 is 0 Å². The zero-order valence-electron chi connectivity index (χ0n) is 59.7. The lowest BCUT2D eigenvalue weighted by molar-refractivity contribution is -0.142. The summed E-state index contributed by atoms with van der Waals surface area (Å²) in [6, 6.07) is 41.6. The van der Waals surface area contributed by atoms with Crippen molar-refractivity contribution < 1.29 is 120 Å². The van der Waals surface area contributed by atoms with E-state index in [9.17, 15) is 39.6 Å². The first-order valence-electron chi connectivity index (χ1n) is 35.8. The number of carbonyl (C=O) groups is 4. The molecule has 4 N–H and O–H groups in total. The van der Waals surface area contributed by atoms with Crippen LogP contribution in [-0.2, 0) is 33.4 Å². The highest BCUT2D eigenvalue weighted by Gasteiger charge is 2.56. The summed E-state index contributed by atoms with van der Waals surface area (Å²) < 4.78 is 92.4. The van der Waals surface area contributed by atoms with E-state index in [0.29, 0.717) is 81.8 Å². The monoisotopic (exact) mass is 1470 g/mol. The third-order valence-electron chi connectivity index (χ3n) is 23.4. The molecular formula is C83H78O25. The van der Waals surface area contributed by atoms with Gasteiger partial charge in [-0.1, -0.05) is 30.3 Å². The number of Topliss-reactive ketones (excluding diaryl/α,β-unsaturated/α-hetero) is 1. The van der Waals surface area contributed by atoms with Gasteiger partial charge in [-0.05, 0) is 170 Å². The molecule has 7 heterocycles.